The van der Waals surface area contributed by atoms with Gasteiger partial charge in [-0.3, -0.25) is 4.98 Å². The highest BCUT2D eigenvalue weighted by molar-refractivity contribution is 5.62. The molecule has 1 aliphatic heterocycles. The third-order valence-corrected chi connectivity index (χ3v) is 5.14. The van der Waals surface area contributed by atoms with Crippen LogP contribution in [0.15, 0.2) is 37.2 Å². The number of aliphatic hydroxyl groups is 1. The summed E-state index contributed by atoms with van der Waals surface area (Å²) in [7, 11) is 0. The summed E-state index contributed by atoms with van der Waals surface area (Å²) in [5, 5.41) is 21.9. The highest BCUT2D eigenvalue weighted by Gasteiger charge is 2.34. The Balaban J connectivity index is 1.61. The van der Waals surface area contributed by atoms with Gasteiger partial charge >= 0.3 is 0 Å². The summed E-state index contributed by atoms with van der Waals surface area (Å²) in [4.78, 5) is 21.2. The van der Waals surface area contributed by atoms with E-state index in [0.717, 1.165) is 17.3 Å². The van der Waals surface area contributed by atoms with Gasteiger partial charge in [-0.05, 0) is 12.0 Å². The first-order chi connectivity index (χ1) is 14.9. The lowest BCUT2D eigenvalue weighted by atomic mass is 10.0. The van der Waals surface area contributed by atoms with Crippen LogP contribution in [0.3, 0.4) is 0 Å². The number of pyridine rings is 1. The van der Waals surface area contributed by atoms with Crippen molar-refractivity contribution in [2.45, 2.75) is 31.9 Å². The van der Waals surface area contributed by atoms with Crippen LogP contribution in [-0.4, -0.2) is 51.9 Å². The molecule has 0 saturated heterocycles. The molecule has 0 spiro atoms. The summed E-state index contributed by atoms with van der Waals surface area (Å²) in [5.74, 6) is 0.908. The van der Waals surface area contributed by atoms with E-state index in [1.54, 1.807) is 16.9 Å². The second kappa shape index (κ2) is 7.20. The van der Waals surface area contributed by atoms with Crippen LogP contribution in [0.5, 0.6) is 0 Å². The van der Waals surface area contributed by atoms with E-state index >= 15 is 0 Å². The molecule has 11 heteroatoms. The van der Waals surface area contributed by atoms with Gasteiger partial charge in [0.05, 0.1) is 18.9 Å². The number of halogens is 1. The van der Waals surface area contributed by atoms with E-state index in [-0.39, 0.29) is 30.7 Å². The number of β-amino-alcohol motifs (C(OH)–C–C–N with tert-alkyl or cyclic N) is 1. The van der Waals surface area contributed by atoms with Crippen molar-refractivity contribution in [3.05, 3.63) is 54.1 Å². The molecule has 0 amide bonds. The number of fused-ring (bicyclic) bond motifs is 2. The topological polar surface area (TPSA) is 126 Å². The highest BCUT2D eigenvalue weighted by Crippen LogP contribution is 2.28. The monoisotopic (exact) mass is 421 g/mol. The largest absolute Gasteiger partial charge is 0.369 e. The Morgan fingerprint density at radius 2 is 2.06 bits per heavy atom. The fourth-order valence-corrected chi connectivity index (χ4v) is 3.60. The van der Waals surface area contributed by atoms with Gasteiger partial charge in [-0.25, -0.2) is 19.3 Å². The van der Waals surface area contributed by atoms with Crippen LogP contribution < -0.4 is 10.6 Å². The van der Waals surface area contributed by atoms with E-state index in [1.807, 2.05) is 13.8 Å². The maximum absolute atomic E-state index is 13.8. The summed E-state index contributed by atoms with van der Waals surface area (Å²) in [5.41, 5.74) is 1.30. The Kier molecular flexibility index (Phi) is 4.47. The van der Waals surface area contributed by atoms with Gasteiger partial charge in [0.15, 0.2) is 17.2 Å². The zero-order valence-electron chi connectivity index (χ0n) is 16.9. The van der Waals surface area contributed by atoms with Crippen LogP contribution in [0, 0.1) is 5.82 Å². The number of aromatic nitrogens is 7. The molecule has 4 aromatic heterocycles. The van der Waals surface area contributed by atoms with Crippen LogP contribution in [0.2, 0.25) is 0 Å². The zero-order chi connectivity index (χ0) is 21.6. The summed E-state index contributed by atoms with van der Waals surface area (Å²) < 4.78 is 15.3. The molecule has 0 aromatic carbocycles. The van der Waals surface area contributed by atoms with Crippen molar-refractivity contribution in [1.82, 2.24) is 34.5 Å². The first-order valence-corrected chi connectivity index (χ1v) is 9.82. The molecule has 0 unspecified atom stereocenters. The molecule has 31 heavy (non-hydrogen) atoms. The fourth-order valence-electron chi connectivity index (χ4n) is 3.60. The van der Waals surface area contributed by atoms with Gasteiger partial charge in [0.1, 0.15) is 18.0 Å². The van der Waals surface area contributed by atoms with Gasteiger partial charge in [-0.2, -0.15) is 14.6 Å². The van der Waals surface area contributed by atoms with E-state index in [2.05, 4.69) is 40.7 Å². The van der Waals surface area contributed by atoms with Crippen molar-refractivity contribution < 1.29 is 9.50 Å². The Morgan fingerprint density at radius 1 is 1.19 bits per heavy atom. The predicted molar refractivity (Wildman–Crippen MR) is 111 cm³/mol. The number of hydrogen-bond acceptors (Lipinski definition) is 9. The Labute approximate surface area is 176 Å². The van der Waals surface area contributed by atoms with Crippen LogP contribution >= 0.6 is 0 Å². The summed E-state index contributed by atoms with van der Waals surface area (Å²) in [6.45, 7) is 4.26. The molecule has 0 radical (unpaired) electrons. The Bertz CT molecular complexity index is 1270. The highest BCUT2D eigenvalue weighted by atomic mass is 19.1. The summed E-state index contributed by atoms with van der Waals surface area (Å²) in [6, 6.07) is 1.32. The maximum Gasteiger partial charge on any atom is 0.230 e. The summed E-state index contributed by atoms with van der Waals surface area (Å²) in [6.07, 6.45) is 7.71. The molecule has 4 aromatic rings. The zero-order valence-corrected chi connectivity index (χ0v) is 16.9. The van der Waals surface area contributed by atoms with Gasteiger partial charge in [-0.1, -0.05) is 13.8 Å². The van der Waals surface area contributed by atoms with Gasteiger partial charge in [0.2, 0.25) is 5.95 Å². The minimum Gasteiger partial charge on any atom is -0.369 e. The van der Waals surface area contributed by atoms with E-state index < -0.39 is 11.5 Å². The molecule has 0 aliphatic carbocycles. The first-order valence-electron chi connectivity index (χ1n) is 9.82. The van der Waals surface area contributed by atoms with E-state index in [0.29, 0.717) is 17.0 Å². The van der Waals surface area contributed by atoms with Gasteiger partial charge < -0.3 is 15.7 Å². The predicted octanol–water partition coefficient (Wildman–Crippen LogP) is 2.01. The number of rotatable bonds is 4. The second-order valence-electron chi connectivity index (χ2n) is 7.84. The molecule has 1 aliphatic rings. The Hall–Kier alpha value is -3.73. The first kappa shape index (κ1) is 19.2. The third kappa shape index (κ3) is 3.52. The summed E-state index contributed by atoms with van der Waals surface area (Å²) >= 11 is 0. The molecule has 5 rings (SSSR count). The lowest BCUT2D eigenvalue weighted by Gasteiger charge is -2.34. The van der Waals surface area contributed by atoms with Crippen LogP contribution in [0.1, 0.15) is 30.9 Å². The van der Waals surface area contributed by atoms with E-state index in [1.165, 1.54) is 18.6 Å². The molecule has 5 heterocycles. The Morgan fingerprint density at radius 3 is 2.87 bits per heavy atom. The standard InChI is InChI=1S/C20H20FN9O/c1-11(2)15-8-26-30-18(15)27-17(12-3-14(21)7-22-5-12)28-19(30)29-20(31)4-13-6-23-10-25-16(13)24-9-20/h3,5-8,10-11,31H,4,9H2,1-2H3,(H,23,24,25)(H,27,28,29)/t20-/m1/s1. The van der Waals surface area contributed by atoms with E-state index in [4.69, 9.17) is 0 Å². The quantitative estimate of drug-likeness (QED) is 0.424. The number of nitrogens with one attached hydrogen (secondary N) is 2. The molecular formula is C20H20FN9O. The second-order valence-corrected chi connectivity index (χ2v) is 7.84. The van der Waals surface area contributed by atoms with Crippen molar-refractivity contribution >= 4 is 17.4 Å². The van der Waals surface area contributed by atoms with Crippen LogP contribution in [-0.2, 0) is 6.42 Å². The van der Waals surface area contributed by atoms with Crippen molar-refractivity contribution in [2.75, 3.05) is 17.2 Å². The molecule has 0 bridgehead atoms. The maximum atomic E-state index is 13.8. The molecule has 158 valence electrons. The minimum absolute atomic E-state index is 0.155. The lowest BCUT2D eigenvalue weighted by molar-refractivity contribution is 0.0791. The van der Waals surface area contributed by atoms with Crippen LogP contribution in [0.4, 0.5) is 16.2 Å². The molecule has 0 saturated carbocycles. The van der Waals surface area contributed by atoms with Gasteiger partial charge in [-0.15, -0.1) is 0 Å². The van der Waals surface area contributed by atoms with Gasteiger partial charge in [0.25, 0.3) is 0 Å². The SMILES string of the molecule is CC(C)c1cnn2c(N[C@]3(O)CNc4ncncc4C3)nc(-c3cncc(F)c3)nc12. The third-order valence-electron chi connectivity index (χ3n) is 5.14. The fraction of sp³-hybridized carbons (Fsp3) is 0.300. The molecule has 10 nitrogen and oxygen atoms in total. The number of anilines is 2. The average molecular weight is 421 g/mol. The number of nitrogens with zero attached hydrogens (tertiary/aromatic N) is 7. The van der Waals surface area contributed by atoms with Crippen molar-refractivity contribution in [1.29, 1.82) is 0 Å². The normalized spacial score (nSPS) is 18.1. The smallest absolute Gasteiger partial charge is 0.230 e. The van der Waals surface area contributed by atoms with Crippen molar-refractivity contribution in [3.8, 4) is 11.4 Å². The molecule has 3 N–H and O–H groups in total. The average Bonchev–Trinajstić information content (AvgIpc) is 3.18. The molecular weight excluding hydrogens is 401 g/mol. The van der Waals surface area contributed by atoms with Gasteiger partial charge in [0, 0.05) is 35.5 Å². The lowest BCUT2D eigenvalue weighted by Crippen LogP contribution is -2.50. The minimum atomic E-state index is -1.37. The van der Waals surface area contributed by atoms with Crippen LogP contribution in [0.25, 0.3) is 17.0 Å². The van der Waals surface area contributed by atoms with Crippen molar-refractivity contribution in [3.63, 3.8) is 0 Å². The number of hydrogen-bond donors (Lipinski definition) is 3. The molecule has 0 fully saturated rings. The van der Waals surface area contributed by atoms with Crippen molar-refractivity contribution in [2.24, 2.45) is 0 Å². The van der Waals surface area contributed by atoms with E-state index in [9.17, 15) is 9.50 Å². The molecule has 1 atom stereocenters.